The number of imide groups is 1. The molecule has 1 N–H and O–H groups in total. The summed E-state index contributed by atoms with van der Waals surface area (Å²) >= 11 is 0. The quantitative estimate of drug-likeness (QED) is 0.794. The molecule has 0 unspecified atom stereocenters. The Kier molecular flexibility index (Phi) is 5.01. The first-order valence-electron chi connectivity index (χ1n) is 9.30. The van der Waals surface area contributed by atoms with Crippen LogP contribution in [0.2, 0.25) is 0 Å². The van der Waals surface area contributed by atoms with E-state index in [-0.39, 0.29) is 17.3 Å². The van der Waals surface area contributed by atoms with E-state index in [4.69, 9.17) is 10.00 Å². The SMILES string of the molecule is CC[C@]1(C)C(=O)NC(=O)N1c1cnc(Oc2ccc(C#N)cc2C(C)(C)C)nc1. The number of nitrogens with one attached hydrogen (secondary N) is 1. The highest BCUT2D eigenvalue weighted by Crippen LogP contribution is 2.35. The van der Waals surface area contributed by atoms with Crippen molar-refractivity contribution in [1.29, 1.82) is 5.26 Å². The highest BCUT2D eigenvalue weighted by molar-refractivity contribution is 6.16. The lowest BCUT2D eigenvalue weighted by molar-refractivity contribution is -0.122. The van der Waals surface area contributed by atoms with Gasteiger partial charge in [-0.3, -0.25) is 15.0 Å². The number of nitriles is 1. The number of hydrogen-bond donors (Lipinski definition) is 1. The number of anilines is 1. The summed E-state index contributed by atoms with van der Waals surface area (Å²) in [4.78, 5) is 34.2. The van der Waals surface area contributed by atoms with Crippen LogP contribution in [0, 0.1) is 11.3 Å². The summed E-state index contributed by atoms with van der Waals surface area (Å²) in [6.07, 6.45) is 3.35. The lowest BCUT2D eigenvalue weighted by Gasteiger charge is -2.30. The van der Waals surface area contributed by atoms with Crippen LogP contribution in [-0.2, 0) is 10.2 Å². The Bertz CT molecular complexity index is 1000. The number of carbonyl (C=O) groups excluding carboxylic acids is 2. The number of urea groups is 1. The third-order valence-corrected chi connectivity index (χ3v) is 5.09. The molecule has 1 saturated heterocycles. The van der Waals surface area contributed by atoms with Crippen molar-refractivity contribution in [3.05, 3.63) is 41.7 Å². The Morgan fingerprint density at radius 2 is 1.90 bits per heavy atom. The van der Waals surface area contributed by atoms with Gasteiger partial charge in [-0.1, -0.05) is 27.7 Å². The first-order chi connectivity index (χ1) is 13.6. The van der Waals surface area contributed by atoms with E-state index < -0.39 is 11.6 Å². The predicted molar refractivity (Wildman–Crippen MR) is 107 cm³/mol. The summed E-state index contributed by atoms with van der Waals surface area (Å²) in [7, 11) is 0. The summed E-state index contributed by atoms with van der Waals surface area (Å²) in [6.45, 7) is 9.60. The molecule has 0 radical (unpaired) electrons. The van der Waals surface area contributed by atoms with Crippen molar-refractivity contribution in [2.45, 2.75) is 52.0 Å². The maximum atomic E-state index is 12.2. The van der Waals surface area contributed by atoms with Crippen LogP contribution in [0.4, 0.5) is 10.5 Å². The molecular weight excluding hydrogens is 370 g/mol. The van der Waals surface area contributed by atoms with Crippen molar-refractivity contribution in [3.63, 3.8) is 0 Å². The summed E-state index contributed by atoms with van der Waals surface area (Å²) in [5, 5.41) is 11.5. The Morgan fingerprint density at radius 3 is 2.45 bits per heavy atom. The van der Waals surface area contributed by atoms with Crippen molar-refractivity contribution in [2.24, 2.45) is 0 Å². The van der Waals surface area contributed by atoms with Gasteiger partial charge in [0.05, 0.1) is 29.7 Å². The Labute approximate surface area is 169 Å². The molecule has 0 saturated carbocycles. The number of benzene rings is 1. The number of rotatable bonds is 4. The van der Waals surface area contributed by atoms with E-state index in [1.165, 1.54) is 17.3 Å². The number of amides is 3. The molecule has 0 bridgehead atoms. The fourth-order valence-electron chi connectivity index (χ4n) is 3.18. The molecule has 1 aliphatic rings. The summed E-state index contributed by atoms with van der Waals surface area (Å²) in [5.74, 6) is 0.203. The van der Waals surface area contributed by atoms with Crippen LogP contribution in [0.3, 0.4) is 0 Å². The second-order valence-electron chi connectivity index (χ2n) is 8.12. The van der Waals surface area contributed by atoms with E-state index >= 15 is 0 Å². The molecule has 1 aromatic heterocycles. The first-order valence-corrected chi connectivity index (χ1v) is 9.30. The third-order valence-electron chi connectivity index (χ3n) is 5.09. The van der Waals surface area contributed by atoms with E-state index in [0.717, 1.165) is 5.56 Å². The molecule has 8 nitrogen and oxygen atoms in total. The maximum Gasteiger partial charge on any atom is 0.329 e. The number of aromatic nitrogens is 2. The molecule has 1 aliphatic heterocycles. The molecule has 0 spiro atoms. The van der Waals surface area contributed by atoms with Crippen molar-refractivity contribution < 1.29 is 14.3 Å². The van der Waals surface area contributed by atoms with Gasteiger partial charge in [0, 0.05) is 5.56 Å². The molecule has 3 amide bonds. The Hall–Kier alpha value is -3.47. The van der Waals surface area contributed by atoms with Crippen LogP contribution in [0.25, 0.3) is 0 Å². The van der Waals surface area contributed by atoms with Gasteiger partial charge >= 0.3 is 12.0 Å². The van der Waals surface area contributed by atoms with Crippen LogP contribution < -0.4 is 15.0 Å². The monoisotopic (exact) mass is 393 g/mol. The van der Waals surface area contributed by atoms with Gasteiger partial charge in [0.15, 0.2) is 0 Å². The molecule has 0 aliphatic carbocycles. The van der Waals surface area contributed by atoms with Gasteiger partial charge < -0.3 is 4.74 Å². The predicted octanol–water partition coefficient (Wildman–Crippen LogP) is 3.66. The van der Waals surface area contributed by atoms with Crippen molar-refractivity contribution in [1.82, 2.24) is 15.3 Å². The zero-order valence-corrected chi connectivity index (χ0v) is 17.1. The molecular formula is C21H23N5O3. The van der Waals surface area contributed by atoms with E-state index in [1.807, 2.05) is 27.7 Å². The highest BCUT2D eigenvalue weighted by atomic mass is 16.5. The van der Waals surface area contributed by atoms with E-state index in [2.05, 4.69) is 21.4 Å². The van der Waals surface area contributed by atoms with Gasteiger partial charge in [0.25, 0.3) is 5.91 Å². The minimum Gasteiger partial charge on any atom is -0.424 e. The third kappa shape index (κ3) is 3.63. The minimum absolute atomic E-state index is 0.105. The van der Waals surface area contributed by atoms with Crippen LogP contribution in [0.15, 0.2) is 30.6 Å². The van der Waals surface area contributed by atoms with Crippen molar-refractivity contribution in [2.75, 3.05) is 4.90 Å². The van der Waals surface area contributed by atoms with Crippen LogP contribution in [0.5, 0.6) is 11.8 Å². The molecule has 2 aromatic rings. The number of ether oxygens (including phenoxy) is 1. The average molecular weight is 393 g/mol. The summed E-state index contributed by atoms with van der Waals surface area (Å²) < 4.78 is 5.86. The van der Waals surface area contributed by atoms with Crippen molar-refractivity contribution in [3.8, 4) is 17.8 Å². The highest BCUT2D eigenvalue weighted by Gasteiger charge is 2.49. The fraction of sp³-hybridized carbons (Fsp3) is 0.381. The Balaban J connectivity index is 1.90. The van der Waals surface area contributed by atoms with E-state index in [1.54, 1.807) is 25.1 Å². The van der Waals surface area contributed by atoms with E-state index in [0.29, 0.717) is 23.4 Å². The van der Waals surface area contributed by atoms with E-state index in [9.17, 15) is 9.59 Å². The summed E-state index contributed by atoms with van der Waals surface area (Å²) in [6, 6.07) is 6.92. The summed E-state index contributed by atoms with van der Waals surface area (Å²) in [5.41, 5.74) is 0.560. The van der Waals surface area contributed by atoms with Gasteiger partial charge in [-0.25, -0.2) is 14.8 Å². The number of carbonyl (C=O) groups is 2. The smallest absolute Gasteiger partial charge is 0.329 e. The van der Waals surface area contributed by atoms with Gasteiger partial charge in [-0.05, 0) is 37.0 Å². The topological polar surface area (TPSA) is 108 Å². The van der Waals surface area contributed by atoms with Gasteiger partial charge in [-0.2, -0.15) is 5.26 Å². The van der Waals surface area contributed by atoms with Crippen LogP contribution in [-0.4, -0.2) is 27.4 Å². The van der Waals surface area contributed by atoms with Gasteiger partial charge in [0.2, 0.25) is 0 Å². The second-order valence-corrected chi connectivity index (χ2v) is 8.12. The molecule has 29 heavy (non-hydrogen) atoms. The average Bonchev–Trinajstić information content (AvgIpc) is 2.91. The maximum absolute atomic E-state index is 12.2. The zero-order chi connectivity index (χ0) is 21.4. The molecule has 8 heteroatoms. The molecule has 3 rings (SSSR count). The molecule has 1 fully saturated rings. The van der Waals surface area contributed by atoms with Crippen LogP contribution in [0.1, 0.15) is 52.2 Å². The standard InChI is InChI=1S/C21H23N5O3/c1-6-21(5)17(27)25-19(28)26(21)14-11-23-18(24-12-14)29-16-8-7-13(10-22)9-15(16)20(2,3)4/h7-9,11-12H,6H2,1-5H3,(H,25,27,28)/t21-/m1/s1. The molecule has 1 aromatic carbocycles. The minimum atomic E-state index is -0.991. The van der Waals surface area contributed by atoms with Crippen molar-refractivity contribution >= 4 is 17.6 Å². The largest absolute Gasteiger partial charge is 0.424 e. The number of nitrogens with zero attached hydrogens (tertiary/aromatic N) is 4. The fourth-order valence-corrected chi connectivity index (χ4v) is 3.18. The molecule has 1 atom stereocenters. The van der Waals surface area contributed by atoms with Crippen LogP contribution >= 0.6 is 0 Å². The first kappa shape index (κ1) is 20.3. The van der Waals surface area contributed by atoms with Gasteiger partial charge in [0.1, 0.15) is 11.3 Å². The lowest BCUT2D eigenvalue weighted by atomic mass is 9.85. The normalized spacial score (nSPS) is 19.1. The van der Waals surface area contributed by atoms with Gasteiger partial charge in [-0.15, -0.1) is 0 Å². The number of hydrogen-bond acceptors (Lipinski definition) is 6. The lowest BCUT2D eigenvalue weighted by Crippen LogP contribution is -2.46. The molecule has 150 valence electrons. The zero-order valence-electron chi connectivity index (χ0n) is 17.1. The molecule has 2 heterocycles. The Morgan fingerprint density at radius 1 is 1.24 bits per heavy atom. The second kappa shape index (κ2) is 7.17.